The molecule has 0 N–H and O–H groups in total. The summed E-state index contributed by atoms with van der Waals surface area (Å²) in [5.74, 6) is -0.734. The van der Waals surface area contributed by atoms with E-state index in [9.17, 15) is 22.8 Å². The Labute approximate surface area is 142 Å². The third kappa shape index (κ3) is 4.65. The van der Waals surface area contributed by atoms with E-state index in [-0.39, 0.29) is 18.6 Å². The van der Waals surface area contributed by atoms with Gasteiger partial charge in [-0.15, -0.1) is 0 Å². The van der Waals surface area contributed by atoms with Crippen molar-refractivity contribution in [1.82, 2.24) is 4.98 Å². The van der Waals surface area contributed by atoms with Crippen LogP contribution in [0.1, 0.15) is 35.3 Å². The van der Waals surface area contributed by atoms with Gasteiger partial charge in [-0.3, -0.25) is 14.6 Å². The summed E-state index contributed by atoms with van der Waals surface area (Å²) >= 11 is 0. The lowest BCUT2D eigenvalue weighted by Gasteiger charge is -2.11. The van der Waals surface area contributed by atoms with Gasteiger partial charge in [-0.05, 0) is 18.2 Å². The van der Waals surface area contributed by atoms with Crippen molar-refractivity contribution in [1.29, 1.82) is 0 Å². The summed E-state index contributed by atoms with van der Waals surface area (Å²) in [6, 6.07) is 1.91. The van der Waals surface area contributed by atoms with Crippen LogP contribution in [0.2, 0.25) is 0 Å². The number of ether oxygens (including phenoxy) is 1. The number of pyridine rings is 1. The number of halogens is 3. The van der Waals surface area contributed by atoms with Crippen molar-refractivity contribution in [3.05, 3.63) is 65.2 Å². The average Bonchev–Trinajstić information content (AvgIpc) is 2.84. The molecule has 1 aromatic rings. The zero-order chi connectivity index (χ0) is 18.4. The zero-order valence-corrected chi connectivity index (χ0v) is 13.5. The Morgan fingerprint density at radius 2 is 1.92 bits per heavy atom. The number of methoxy groups -OCH3 is 1. The number of rotatable bonds is 6. The molecule has 0 aliphatic heterocycles. The number of alkyl halides is 3. The van der Waals surface area contributed by atoms with Crippen LogP contribution in [0.5, 0.6) is 0 Å². The van der Waals surface area contributed by atoms with Gasteiger partial charge in [0.15, 0.2) is 11.6 Å². The van der Waals surface area contributed by atoms with Gasteiger partial charge >= 0.3 is 6.18 Å². The summed E-state index contributed by atoms with van der Waals surface area (Å²) in [7, 11) is 1.43. The minimum Gasteiger partial charge on any atom is -0.500 e. The van der Waals surface area contributed by atoms with Gasteiger partial charge in [-0.2, -0.15) is 13.2 Å². The lowest BCUT2D eigenvalue weighted by Crippen LogP contribution is -2.16. The molecule has 0 aromatic carbocycles. The van der Waals surface area contributed by atoms with Crippen molar-refractivity contribution in [3.8, 4) is 0 Å². The van der Waals surface area contributed by atoms with Gasteiger partial charge in [0, 0.05) is 25.5 Å². The standard InChI is InChI=1S/C18H16F3NO3/c1-25-16-8-4-2-3-6-12(16)14(23)9-10-15(24)17-13(18(19,20)21)7-5-11-22-17/h2-7,11H,8-10H2,1H3. The van der Waals surface area contributed by atoms with E-state index in [1.54, 1.807) is 18.2 Å². The monoisotopic (exact) mass is 351 g/mol. The zero-order valence-electron chi connectivity index (χ0n) is 13.5. The van der Waals surface area contributed by atoms with Crippen LogP contribution in [0.15, 0.2) is 54.0 Å². The fraction of sp³-hybridized carbons (Fsp3) is 0.278. The SMILES string of the molecule is COC1=C(C(=O)CCC(=O)c2ncccc2C(F)(F)F)C=CC=CC1. The van der Waals surface area contributed by atoms with Crippen molar-refractivity contribution in [3.63, 3.8) is 0 Å². The Bertz CT molecular complexity index is 761. The van der Waals surface area contributed by atoms with Crippen molar-refractivity contribution in [2.75, 3.05) is 7.11 Å². The fourth-order valence-electron chi connectivity index (χ4n) is 2.39. The van der Waals surface area contributed by atoms with Gasteiger partial charge in [-0.1, -0.05) is 18.2 Å². The number of aromatic nitrogens is 1. The van der Waals surface area contributed by atoms with E-state index in [0.717, 1.165) is 18.3 Å². The molecule has 0 radical (unpaired) electrons. The van der Waals surface area contributed by atoms with Gasteiger partial charge in [0.2, 0.25) is 0 Å². The van der Waals surface area contributed by atoms with Gasteiger partial charge in [-0.25, -0.2) is 0 Å². The van der Waals surface area contributed by atoms with Crippen LogP contribution in [-0.2, 0) is 15.7 Å². The second-order valence-electron chi connectivity index (χ2n) is 5.28. The van der Waals surface area contributed by atoms with Crippen molar-refractivity contribution >= 4 is 11.6 Å². The fourth-order valence-corrected chi connectivity index (χ4v) is 2.39. The molecule has 0 saturated heterocycles. The van der Waals surface area contributed by atoms with E-state index in [4.69, 9.17) is 4.74 Å². The molecular weight excluding hydrogens is 335 g/mol. The number of allylic oxidation sites excluding steroid dienone is 5. The predicted octanol–water partition coefficient (Wildman–Crippen LogP) is 4.05. The topological polar surface area (TPSA) is 56.3 Å². The predicted molar refractivity (Wildman–Crippen MR) is 84.7 cm³/mol. The Balaban J connectivity index is 2.13. The van der Waals surface area contributed by atoms with Crippen LogP contribution < -0.4 is 0 Å². The number of ketones is 2. The third-order valence-electron chi connectivity index (χ3n) is 3.62. The molecule has 1 heterocycles. The largest absolute Gasteiger partial charge is 0.500 e. The molecule has 1 aliphatic rings. The van der Waals surface area contributed by atoms with E-state index in [2.05, 4.69) is 4.98 Å². The van der Waals surface area contributed by atoms with Gasteiger partial charge in [0.25, 0.3) is 0 Å². The maximum Gasteiger partial charge on any atom is 0.418 e. The van der Waals surface area contributed by atoms with Crippen LogP contribution in [0.4, 0.5) is 13.2 Å². The first-order valence-electron chi connectivity index (χ1n) is 7.53. The van der Waals surface area contributed by atoms with Crippen molar-refractivity contribution in [2.45, 2.75) is 25.4 Å². The molecule has 0 spiro atoms. The number of hydrogen-bond acceptors (Lipinski definition) is 4. The molecule has 0 atom stereocenters. The first kappa shape index (κ1) is 18.6. The molecule has 0 amide bonds. The van der Waals surface area contributed by atoms with Gasteiger partial charge < -0.3 is 4.74 Å². The average molecular weight is 351 g/mol. The third-order valence-corrected chi connectivity index (χ3v) is 3.62. The van der Waals surface area contributed by atoms with E-state index in [1.165, 1.54) is 7.11 Å². The molecule has 4 nitrogen and oxygen atoms in total. The van der Waals surface area contributed by atoms with Crippen LogP contribution in [0.3, 0.4) is 0 Å². The lowest BCUT2D eigenvalue weighted by atomic mass is 10.0. The molecule has 0 fully saturated rings. The number of nitrogens with zero attached hydrogens (tertiary/aromatic N) is 1. The summed E-state index contributed by atoms with van der Waals surface area (Å²) in [6.45, 7) is 0. The minimum atomic E-state index is -4.68. The smallest absolute Gasteiger partial charge is 0.418 e. The van der Waals surface area contributed by atoms with Crippen LogP contribution >= 0.6 is 0 Å². The second-order valence-corrected chi connectivity index (χ2v) is 5.28. The second kappa shape index (κ2) is 7.92. The van der Waals surface area contributed by atoms with Gasteiger partial charge in [0.05, 0.1) is 18.2 Å². The number of carbonyl (C=O) groups is 2. The van der Waals surface area contributed by atoms with Crippen LogP contribution in [-0.4, -0.2) is 23.7 Å². The highest BCUT2D eigenvalue weighted by atomic mass is 19.4. The first-order chi connectivity index (χ1) is 11.8. The highest BCUT2D eigenvalue weighted by molar-refractivity contribution is 6.03. The normalized spacial score (nSPS) is 14.4. The quantitative estimate of drug-likeness (QED) is 0.726. The van der Waals surface area contributed by atoms with E-state index in [0.29, 0.717) is 17.8 Å². The lowest BCUT2D eigenvalue weighted by molar-refractivity contribution is -0.138. The van der Waals surface area contributed by atoms with Crippen molar-refractivity contribution < 1.29 is 27.5 Å². The maximum absolute atomic E-state index is 12.9. The highest BCUT2D eigenvalue weighted by Crippen LogP contribution is 2.31. The molecule has 0 bridgehead atoms. The molecule has 1 aliphatic carbocycles. The number of hydrogen-bond donors (Lipinski definition) is 0. The summed E-state index contributed by atoms with van der Waals surface area (Å²) in [4.78, 5) is 28.0. The molecule has 132 valence electrons. The summed E-state index contributed by atoms with van der Waals surface area (Å²) < 4.78 is 44.0. The highest BCUT2D eigenvalue weighted by Gasteiger charge is 2.35. The van der Waals surface area contributed by atoms with E-state index >= 15 is 0 Å². The Kier molecular flexibility index (Phi) is 5.90. The first-order valence-corrected chi connectivity index (χ1v) is 7.53. The Morgan fingerprint density at radius 3 is 2.60 bits per heavy atom. The molecule has 0 unspecified atom stereocenters. The molecular formula is C18H16F3NO3. The maximum atomic E-state index is 12.9. The summed E-state index contributed by atoms with van der Waals surface area (Å²) in [5.41, 5.74) is -1.44. The summed E-state index contributed by atoms with van der Waals surface area (Å²) in [6.07, 6.45) is 3.09. The van der Waals surface area contributed by atoms with E-state index in [1.807, 2.05) is 6.08 Å². The number of carbonyl (C=O) groups excluding carboxylic acids is 2. The summed E-state index contributed by atoms with van der Waals surface area (Å²) in [5, 5.41) is 0. The van der Waals surface area contributed by atoms with Gasteiger partial charge in [0.1, 0.15) is 11.5 Å². The molecule has 7 heteroatoms. The molecule has 1 aromatic heterocycles. The molecule has 0 saturated carbocycles. The minimum absolute atomic E-state index is 0.223. The van der Waals surface area contributed by atoms with E-state index < -0.39 is 23.2 Å². The van der Waals surface area contributed by atoms with Crippen LogP contribution in [0.25, 0.3) is 0 Å². The Hall–Kier alpha value is -2.70. The molecule has 25 heavy (non-hydrogen) atoms. The number of Topliss-reactive ketones (excluding diaryl/α,β-unsaturated/α-hetero) is 2. The molecule has 2 rings (SSSR count). The Morgan fingerprint density at radius 1 is 1.20 bits per heavy atom. The van der Waals surface area contributed by atoms with Crippen LogP contribution in [0, 0.1) is 0 Å². The van der Waals surface area contributed by atoms with Crippen molar-refractivity contribution in [2.24, 2.45) is 0 Å².